The van der Waals surface area contributed by atoms with Crippen LogP contribution in [0.2, 0.25) is 0 Å². The number of ether oxygens (including phenoxy) is 2. The van der Waals surface area contributed by atoms with Crippen LogP contribution in [0.25, 0.3) is 0 Å². The van der Waals surface area contributed by atoms with E-state index in [2.05, 4.69) is 21.2 Å². The molecule has 0 unspecified atom stereocenters. The summed E-state index contributed by atoms with van der Waals surface area (Å²) < 4.78 is 11.1. The summed E-state index contributed by atoms with van der Waals surface area (Å²) >= 11 is 3.32. The van der Waals surface area contributed by atoms with Crippen LogP contribution in [0.1, 0.15) is 25.5 Å². The summed E-state index contributed by atoms with van der Waals surface area (Å²) in [6, 6.07) is 10.0. The van der Waals surface area contributed by atoms with Gasteiger partial charge in [0.1, 0.15) is 5.70 Å². The zero-order valence-electron chi connectivity index (χ0n) is 17.7. The number of nitrogens with one attached hydrogen (secondary N) is 1. The zero-order chi connectivity index (χ0) is 24.1. The Morgan fingerprint density at radius 1 is 1.09 bits per heavy atom. The van der Waals surface area contributed by atoms with Crippen molar-refractivity contribution in [3.63, 3.8) is 0 Å². The summed E-state index contributed by atoms with van der Waals surface area (Å²) in [5.41, 5.74) is -0.218. The van der Waals surface area contributed by atoms with Gasteiger partial charge < -0.3 is 14.8 Å². The molecule has 2 aromatic carbocycles. The minimum absolute atomic E-state index is 0.00425. The molecule has 172 valence electrons. The smallest absolute Gasteiger partial charge is 0.356 e. The van der Waals surface area contributed by atoms with Crippen LogP contribution in [-0.4, -0.2) is 36.1 Å². The number of halogens is 1. The zero-order valence-corrected chi connectivity index (χ0v) is 19.3. The van der Waals surface area contributed by atoms with E-state index >= 15 is 0 Å². The first-order valence-corrected chi connectivity index (χ1v) is 10.8. The summed E-state index contributed by atoms with van der Waals surface area (Å²) in [4.78, 5) is 51.0. The first kappa shape index (κ1) is 23.9. The molecule has 0 spiro atoms. The largest absolute Gasteiger partial charge is 0.463 e. The van der Waals surface area contributed by atoms with E-state index in [9.17, 15) is 24.5 Å². The van der Waals surface area contributed by atoms with Gasteiger partial charge in [0.15, 0.2) is 0 Å². The van der Waals surface area contributed by atoms with Crippen molar-refractivity contribution in [3.05, 3.63) is 80.0 Å². The first-order chi connectivity index (χ1) is 15.8. The van der Waals surface area contributed by atoms with E-state index < -0.39 is 28.9 Å². The number of nitrogens with zero attached hydrogens (tertiary/aromatic N) is 2. The molecule has 2 aromatic rings. The minimum atomic E-state index is -1.18. The highest BCUT2D eigenvalue weighted by Crippen LogP contribution is 2.36. The maximum atomic E-state index is 13.2. The maximum absolute atomic E-state index is 13.2. The van der Waals surface area contributed by atoms with Gasteiger partial charge in [0, 0.05) is 16.6 Å². The molecule has 1 atom stereocenters. The quantitative estimate of drug-likeness (QED) is 0.333. The van der Waals surface area contributed by atoms with Crippen LogP contribution in [0.4, 0.5) is 16.2 Å². The number of hydrogen-bond donors (Lipinski definition) is 1. The lowest BCUT2D eigenvalue weighted by atomic mass is 9.93. The molecule has 10 nitrogen and oxygen atoms in total. The van der Waals surface area contributed by atoms with Crippen LogP contribution in [0, 0.1) is 10.1 Å². The standard InChI is InChI=1S/C22H20BrN3O7/c1-3-32-20(27)17-18(13-6-5-7-16(12-13)26(30)31)24-22(29)25(19(17)21(28)33-4-2)15-10-8-14(23)9-11-15/h5-12,18H,3-4H2,1-2H3,(H,24,29)/t18-/m1/s1. The molecule has 11 heteroatoms. The normalized spacial score (nSPS) is 15.7. The first-order valence-electron chi connectivity index (χ1n) is 9.97. The van der Waals surface area contributed by atoms with Gasteiger partial charge in [-0.05, 0) is 43.7 Å². The van der Waals surface area contributed by atoms with E-state index in [1.807, 2.05) is 0 Å². The van der Waals surface area contributed by atoms with Gasteiger partial charge in [-0.25, -0.2) is 14.4 Å². The van der Waals surface area contributed by atoms with E-state index in [1.165, 1.54) is 24.3 Å². The van der Waals surface area contributed by atoms with Gasteiger partial charge in [0.25, 0.3) is 5.69 Å². The van der Waals surface area contributed by atoms with Crippen LogP contribution in [-0.2, 0) is 19.1 Å². The number of non-ortho nitro benzene ring substituents is 1. The molecular weight excluding hydrogens is 498 g/mol. The molecule has 0 bridgehead atoms. The van der Waals surface area contributed by atoms with Crippen molar-refractivity contribution in [3.8, 4) is 0 Å². The lowest BCUT2D eigenvalue weighted by Crippen LogP contribution is -2.51. The second-order valence-corrected chi connectivity index (χ2v) is 7.67. The Hall–Kier alpha value is -3.73. The highest BCUT2D eigenvalue weighted by atomic mass is 79.9. The molecule has 1 heterocycles. The van der Waals surface area contributed by atoms with Gasteiger partial charge in [-0.15, -0.1) is 0 Å². The fourth-order valence-corrected chi connectivity index (χ4v) is 3.61. The number of hydrogen-bond acceptors (Lipinski definition) is 7. The van der Waals surface area contributed by atoms with Crippen molar-refractivity contribution < 1.29 is 28.8 Å². The van der Waals surface area contributed by atoms with Crippen molar-refractivity contribution in [2.45, 2.75) is 19.9 Å². The Labute approximate surface area is 197 Å². The van der Waals surface area contributed by atoms with Crippen LogP contribution in [0.5, 0.6) is 0 Å². The predicted molar refractivity (Wildman–Crippen MR) is 121 cm³/mol. The molecule has 0 fully saturated rings. The van der Waals surface area contributed by atoms with E-state index in [0.717, 1.165) is 9.37 Å². The summed E-state index contributed by atoms with van der Waals surface area (Å²) in [6.07, 6.45) is 0. The number of anilines is 1. The number of nitro groups is 1. The highest BCUT2D eigenvalue weighted by Gasteiger charge is 2.43. The number of nitro benzene ring substituents is 1. The Morgan fingerprint density at radius 2 is 1.73 bits per heavy atom. The molecule has 33 heavy (non-hydrogen) atoms. The van der Waals surface area contributed by atoms with Crippen molar-refractivity contribution in [2.75, 3.05) is 18.1 Å². The van der Waals surface area contributed by atoms with Crippen LogP contribution < -0.4 is 10.2 Å². The molecule has 2 amide bonds. The number of carbonyl (C=O) groups is 3. The van der Waals surface area contributed by atoms with Crippen LogP contribution in [0.15, 0.2) is 64.3 Å². The third kappa shape index (κ3) is 5.03. The fourth-order valence-electron chi connectivity index (χ4n) is 3.35. The molecule has 1 aliphatic heterocycles. The van der Waals surface area contributed by atoms with E-state index in [4.69, 9.17) is 9.47 Å². The van der Waals surface area contributed by atoms with Crippen molar-refractivity contribution in [1.29, 1.82) is 0 Å². The van der Waals surface area contributed by atoms with Crippen molar-refractivity contribution >= 4 is 45.3 Å². The van der Waals surface area contributed by atoms with Crippen LogP contribution >= 0.6 is 15.9 Å². The number of amides is 2. The van der Waals surface area contributed by atoms with E-state index in [1.54, 1.807) is 38.1 Å². The molecular formula is C22H20BrN3O7. The molecule has 0 saturated heterocycles. The highest BCUT2D eigenvalue weighted by molar-refractivity contribution is 9.10. The third-order valence-corrected chi connectivity index (χ3v) is 5.23. The number of urea groups is 1. The lowest BCUT2D eigenvalue weighted by molar-refractivity contribution is -0.384. The summed E-state index contributed by atoms with van der Waals surface area (Å²) in [5.74, 6) is -1.77. The molecule has 1 aliphatic rings. The lowest BCUT2D eigenvalue weighted by Gasteiger charge is -2.35. The summed E-state index contributed by atoms with van der Waals surface area (Å²) in [6.45, 7) is 3.19. The second-order valence-electron chi connectivity index (χ2n) is 6.75. The van der Waals surface area contributed by atoms with E-state index in [-0.39, 0.29) is 35.7 Å². The number of rotatable bonds is 7. The average Bonchev–Trinajstić information content (AvgIpc) is 2.79. The van der Waals surface area contributed by atoms with Gasteiger partial charge in [0.05, 0.1) is 35.4 Å². The van der Waals surface area contributed by atoms with Crippen molar-refractivity contribution in [1.82, 2.24) is 5.32 Å². The second kappa shape index (κ2) is 10.3. The summed E-state index contributed by atoms with van der Waals surface area (Å²) in [5, 5.41) is 13.9. The molecule has 3 rings (SSSR count). The molecule has 1 N–H and O–H groups in total. The summed E-state index contributed by atoms with van der Waals surface area (Å²) in [7, 11) is 0. The third-order valence-electron chi connectivity index (χ3n) is 4.70. The van der Waals surface area contributed by atoms with Gasteiger partial charge in [-0.1, -0.05) is 28.1 Å². The average molecular weight is 518 g/mol. The number of benzene rings is 2. The number of esters is 2. The molecule has 0 saturated carbocycles. The SMILES string of the molecule is CCOC(=O)C1=C(C(=O)OCC)N(c2ccc(Br)cc2)C(=O)N[C@@H]1c1cccc([N+](=O)[O-])c1. The van der Waals surface area contributed by atoms with Crippen molar-refractivity contribution in [2.24, 2.45) is 0 Å². The Bertz CT molecular complexity index is 1130. The molecule has 0 radical (unpaired) electrons. The van der Waals surface area contributed by atoms with Gasteiger partial charge in [0.2, 0.25) is 0 Å². The monoisotopic (exact) mass is 517 g/mol. The minimum Gasteiger partial charge on any atom is -0.463 e. The Kier molecular flexibility index (Phi) is 7.44. The maximum Gasteiger partial charge on any atom is 0.356 e. The van der Waals surface area contributed by atoms with E-state index in [0.29, 0.717) is 5.69 Å². The Balaban J connectivity index is 2.28. The van der Waals surface area contributed by atoms with Gasteiger partial charge in [-0.3, -0.25) is 15.0 Å². The Morgan fingerprint density at radius 3 is 2.33 bits per heavy atom. The van der Waals surface area contributed by atoms with Gasteiger partial charge >= 0.3 is 18.0 Å². The molecule has 0 aromatic heterocycles. The molecule has 0 aliphatic carbocycles. The fraction of sp³-hybridized carbons (Fsp3) is 0.227. The van der Waals surface area contributed by atoms with Crippen LogP contribution in [0.3, 0.4) is 0 Å². The van der Waals surface area contributed by atoms with Gasteiger partial charge in [-0.2, -0.15) is 0 Å². The topological polar surface area (TPSA) is 128 Å². The predicted octanol–water partition coefficient (Wildman–Crippen LogP) is 4.01. The number of carbonyl (C=O) groups excluding carboxylic acids is 3.